The van der Waals surface area contributed by atoms with Gasteiger partial charge in [0.25, 0.3) is 0 Å². The summed E-state index contributed by atoms with van der Waals surface area (Å²) in [6, 6.07) is 8.82. The Balaban J connectivity index is 1.61. The lowest BCUT2D eigenvalue weighted by Gasteiger charge is -2.13. The first-order chi connectivity index (χ1) is 13.2. The number of aromatic nitrogens is 1. The summed E-state index contributed by atoms with van der Waals surface area (Å²) in [5.74, 6) is 0.259. The number of benzene rings is 2. The molecule has 0 bridgehead atoms. The lowest BCUT2D eigenvalue weighted by molar-refractivity contribution is -0.116. The van der Waals surface area contributed by atoms with Crippen molar-refractivity contribution in [1.29, 1.82) is 0 Å². The molecule has 0 saturated carbocycles. The van der Waals surface area contributed by atoms with E-state index in [1.165, 1.54) is 0 Å². The molecule has 0 fully saturated rings. The summed E-state index contributed by atoms with van der Waals surface area (Å²) in [5, 5.41) is 2.74. The Bertz CT molecular complexity index is 1130. The van der Waals surface area contributed by atoms with Gasteiger partial charge in [-0.15, -0.1) is 0 Å². The number of anilines is 1. The van der Waals surface area contributed by atoms with Crippen LogP contribution in [0.15, 0.2) is 39.6 Å². The summed E-state index contributed by atoms with van der Waals surface area (Å²) in [7, 11) is -3.69. The molecule has 0 spiro atoms. The standard InChI is InChI=1S/C20H23N3O4S/c1-12-9-13(2)20(14(3)10-12)28(25,26)21-8-7-19(24)23-16-5-6-18-17(11-16)22-15(4)27-18/h5-6,9-11,21H,7-8H2,1-4H3,(H,23,24). The van der Waals surface area contributed by atoms with E-state index in [0.29, 0.717) is 33.8 Å². The van der Waals surface area contributed by atoms with Crippen molar-refractivity contribution in [3.8, 4) is 0 Å². The maximum absolute atomic E-state index is 12.6. The van der Waals surface area contributed by atoms with Crippen LogP contribution < -0.4 is 10.0 Å². The van der Waals surface area contributed by atoms with Crippen LogP contribution in [0.5, 0.6) is 0 Å². The molecule has 0 atom stereocenters. The third kappa shape index (κ3) is 4.40. The van der Waals surface area contributed by atoms with Gasteiger partial charge in [-0.2, -0.15) is 0 Å². The molecule has 1 aromatic heterocycles. The van der Waals surface area contributed by atoms with Gasteiger partial charge < -0.3 is 9.73 Å². The molecule has 0 saturated heterocycles. The second-order valence-electron chi connectivity index (χ2n) is 6.84. The molecule has 148 valence electrons. The maximum atomic E-state index is 12.6. The number of fused-ring (bicyclic) bond motifs is 1. The number of nitrogens with zero attached hydrogens (tertiary/aromatic N) is 1. The van der Waals surface area contributed by atoms with Gasteiger partial charge in [0, 0.05) is 25.6 Å². The molecule has 0 unspecified atom stereocenters. The number of nitrogens with one attached hydrogen (secondary N) is 2. The Hall–Kier alpha value is -2.71. The quantitative estimate of drug-likeness (QED) is 0.659. The Morgan fingerprint density at radius 3 is 2.43 bits per heavy atom. The molecule has 2 N–H and O–H groups in total. The molecule has 3 rings (SSSR count). The number of sulfonamides is 1. The predicted octanol–water partition coefficient (Wildman–Crippen LogP) is 3.37. The number of hydrogen-bond acceptors (Lipinski definition) is 5. The Kier molecular flexibility index (Phi) is 5.53. The third-order valence-electron chi connectivity index (χ3n) is 4.30. The zero-order valence-electron chi connectivity index (χ0n) is 16.3. The van der Waals surface area contributed by atoms with Crippen LogP contribution in [0.4, 0.5) is 5.69 Å². The molecule has 28 heavy (non-hydrogen) atoms. The normalized spacial score (nSPS) is 11.7. The van der Waals surface area contributed by atoms with Gasteiger partial charge in [-0.1, -0.05) is 17.7 Å². The van der Waals surface area contributed by atoms with Crippen molar-refractivity contribution in [2.75, 3.05) is 11.9 Å². The molecule has 1 heterocycles. The summed E-state index contributed by atoms with van der Waals surface area (Å²) in [5.41, 5.74) is 4.26. The maximum Gasteiger partial charge on any atom is 0.241 e. The molecule has 0 aliphatic carbocycles. The lowest BCUT2D eigenvalue weighted by atomic mass is 10.1. The van der Waals surface area contributed by atoms with Crippen molar-refractivity contribution >= 4 is 32.7 Å². The van der Waals surface area contributed by atoms with Crippen molar-refractivity contribution in [2.24, 2.45) is 0 Å². The van der Waals surface area contributed by atoms with Crippen LogP contribution in [0.1, 0.15) is 29.0 Å². The van der Waals surface area contributed by atoms with Crippen molar-refractivity contribution in [3.63, 3.8) is 0 Å². The van der Waals surface area contributed by atoms with Crippen molar-refractivity contribution in [1.82, 2.24) is 9.71 Å². The first kappa shape index (κ1) is 20.0. The minimum absolute atomic E-state index is 0.00619. The highest BCUT2D eigenvalue weighted by Crippen LogP contribution is 2.22. The molecule has 0 radical (unpaired) electrons. The smallest absolute Gasteiger partial charge is 0.241 e. The summed E-state index contributed by atoms with van der Waals surface area (Å²) < 4.78 is 33.1. The van der Waals surface area contributed by atoms with E-state index in [2.05, 4.69) is 15.0 Å². The van der Waals surface area contributed by atoms with E-state index in [1.807, 2.05) is 19.1 Å². The largest absolute Gasteiger partial charge is 0.441 e. The highest BCUT2D eigenvalue weighted by Gasteiger charge is 2.19. The second kappa shape index (κ2) is 7.73. The minimum atomic E-state index is -3.69. The fourth-order valence-corrected chi connectivity index (χ4v) is 4.79. The second-order valence-corrected chi connectivity index (χ2v) is 8.54. The van der Waals surface area contributed by atoms with Crippen molar-refractivity contribution < 1.29 is 17.6 Å². The molecule has 0 aliphatic heterocycles. The fraction of sp³-hybridized carbons (Fsp3) is 0.300. The van der Waals surface area contributed by atoms with Crippen LogP contribution in [0, 0.1) is 27.7 Å². The van der Waals surface area contributed by atoms with Crippen LogP contribution in [-0.4, -0.2) is 25.9 Å². The molecule has 3 aromatic rings. The minimum Gasteiger partial charge on any atom is -0.441 e. The summed E-state index contributed by atoms with van der Waals surface area (Å²) in [4.78, 5) is 16.7. The zero-order chi connectivity index (χ0) is 20.5. The van der Waals surface area contributed by atoms with Crippen molar-refractivity contribution in [2.45, 2.75) is 39.0 Å². The highest BCUT2D eigenvalue weighted by molar-refractivity contribution is 7.89. The topological polar surface area (TPSA) is 101 Å². The van der Waals surface area contributed by atoms with E-state index in [-0.39, 0.29) is 23.8 Å². The van der Waals surface area contributed by atoms with E-state index < -0.39 is 10.0 Å². The summed E-state index contributed by atoms with van der Waals surface area (Å²) in [6.45, 7) is 7.21. The van der Waals surface area contributed by atoms with E-state index in [9.17, 15) is 13.2 Å². The van der Waals surface area contributed by atoms with Gasteiger partial charge in [0.1, 0.15) is 5.52 Å². The molecule has 2 aromatic carbocycles. The van der Waals surface area contributed by atoms with Gasteiger partial charge in [-0.05, 0) is 50.1 Å². The van der Waals surface area contributed by atoms with Gasteiger partial charge in [0.15, 0.2) is 11.5 Å². The number of rotatable bonds is 6. The average Bonchev–Trinajstić information content (AvgIpc) is 2.92. The first-order valence-electron chi connectivity index (χ1n) is 8.90. The van der Waals surface area contributed by atoms with E-state index >= 15 is 0 Å². The van der Waals surface area contributed by atoms with Crippen LogP contribution in [0.3, 0.4) is 0 Å². The Morgan fingerprint density at radius 2 is 1.75 bits per heavy atom. The van der Waals surface area contributed by atoms with Gasteiger partial charge in [-0.3, -0.25) is 4.79 Å². The molecule has 7 nitrogen and oxygen atoms in total. The third-order valence-corrected chi connectivity index (χ3v) is 6.06. The van der Waals surface area contributed by atoms with E-state index in [1.54, 1.807) is 39.0 Å². The van der Waals surface area contributed by atoms with Crippen LogP contribution in [0.2, 0.25) is 0 Å². The molecular weight excluding hydrogens is 378 g/mol. The van der Waals surface area contributed by atoms with Gasteiger partial charge in [0.05, 0.1) is 4.90 Å². The summed E-state index contributed by atoms with van der Waals surface area (Å²) >= 11 is 0. The number of oxazole rings is 1. The predicted molar refractivity (Wildman–Crippen MR) is 108 cm³/mol. The number of aryl methyl sites for hydroxylation is 4. The summed E-state index contributed by atoms with van der Waals surface area (Å²) in [6.07, 6.45) is 0.0130. The van der Waals surface area contributed by atoms with Crippen LogP contribution in [0.25, 0.3) is 11.1 Å². The molecule has 0 aliphatic rings. The van der Waals surface area contributed by atoms with Crippen LogP contribution >= 0.6 is 0 Å². The number of amides is 1. The number of hydrogen-bond donors (Lipinski definition) is 2. The number of carbonyl (C=O) groups is 1. The van der Waals surface area contributed by atoms with Gasteiger partial charge >= 0.3 is 0 Å². The lowest BCUT2D eigenvalue weighted by Crippen LogP contribution is -2.29. The highest BCUT2D eigenvalue weighted by atomic mass is 32.2. The van der Waals surface area contributed by atoms with Crippen molar-refractivity contribution in [3.05, 3.63) is 52.9 Å². The average molecular weight is 401 g/mol. The van der Waals surface area contributed by atoms with E-state index in [0.717, 1.165) is 5.56 Å². The molecule has 8 heteroatoms. The Morgan fingerprint density at radius 1 is 1.07 bits per heavy atom. The zero-order valence-corrected chi connectivity index (χ0v) is 17.1. The molecular formula is C20H23N3O4S. The van der Waals surface area contributed by atoms with Gasteiger partial charge in [-0.25, -0.2) is 18.1 Å². The Labute approximate surface area is 164 Å². The van der Waals surface area contributed by atoms with Crippen LogP contribution in [-0.2, 0) is 14.8 Å². The fourth-order valence-electron chi connectivity index (χ4n) is 3.31. The molecule has 1 amide bonds. The SMILES string of the molecule is Cc1cc(C)c(S(=O)(=O)NCCC(=O)Nc2ccc3oc(C)nc3c2)c(C)c1. The monoisotopic (exact) mass is 401 g/mol. The van der Waals surface area contributed by atoms with E-state index in [4.69, 9.17) is 4.42 Å². The number of carbonyl (C=O) groups excluding carboxylic acids is 1. The first-order valence-corrected chi connectivity index (χ1v) is 10.4. The van der Waals surface area contributed by atoms with Gasteiger partial charge in [0.2, 0.25) is 15.9 Å².